The molecule has 1 aromatic carbocycles. The molecule has 0 aromatic heterocycles. The molecule has 0 spiro atoms. The van der Waals surface area contributed by atoms with Crippen molar-refractivity contribution in [3.63, 3.8) is 0 Å². The third-order valence-electron chi connectivity index (χ3n) is 5.66. The zero-order valence-corrected chi connectivity index (χ0v) is 17.7. The summed E-state index contributed by atoms with van der Waals surface area (Å²) >= 11 is 0. The molecule has 2 aliphatic rings. The predicted octanol–water partition coefficient (Wildman–Crippen LogP) is 2.25. The number of amides is 1. The lowest BCUT2D eigenvalue weighted by Gasteiger charge is -2.42. The first-order valence-electron chi connectivity index (χ1n) is 10.4. The number of carboxylic acid groups (broad SMARTS) is 2. The molecule has 1 amide bonds. The van der Waals surface area contributed by atoms with E-state index >= 15 is 0 Å². The lowest BCUT2D eigenvalue weighted by molar-refractivity contribution is -0.159. The van der Waals surface area contributed by atoms with E-state index in [4.69, 9.17) is 24.5 Å². The van der Waals surface area contributed by atoms with E-state index in [2.05, 4.69) is 11.8 Å². The van der Waals surface area contributed by atoms with Crippen LogP contribution in [0.5, 0.6) is 5.75 Å². The molecule has 8 nitrogen and oxygen atoms in total. The zero-order valence-electron chi connectivity index (χ0n) is 17.7. The number of benzene rings is 1. The summed E-state index contributed by atoms with van der Waals surface area (Å²) in [7, 11) is 0. The van der Waals surface area contributed by atoms with Gasteiger partial charge in [-0.1, -0.05) is 37.5 Å². The molecule has 8 heteroatoms. The molecular weight excluding hydrogens is 388 g/mol. The molecule has 30 heavy (non-hydrogen) atoms. The molecule has 2 unspecified atom stereocenters. The maximum absolute atomic E-state index is 12.4. The number of ether oxygens (including phenoxy) is 1. The van der Waals surface area contributed by atoms with E-state index in [-0.39, 0.29) is 12.5 Å². The first-order valence-corrected chi connectivity index (χ1v) is 10.4. The average Bonchev–Trinajstić information content (AvgIpc) is 2.73. The molecule has 1 aliphatic carbocycles. The fourth-order valence-electron chi connectivity index (χ4n) is 3.94. The smallest absolute Gasteiger partial charge is 0.414 e. The minimum absolute atomic E-state index is 0.104. The van der Waals surface area contributed by atoms with Crippen LogP contribution in [0.4, 0.5) is 0 Å². The van der Waals surface area contributed by atoms with Crippen LogP contribution in [-0.4, -0.2) is 76.7 Å². The van der Waals surface area contributed by atoms with Crippen LogP contribution in [0.3, 0.4) is 0 Å². The Kier molecular flexibility index (Phi) is 9.11. The van der Waals surface area contributed by atoms with Crippen LogP contribution in [0.2, 0.25) is 0 Å². The molecule has 2 atom stereocenters. The molecule has 1 saturated heterocycles. The number of carboxylic acids is 2. The van der Waals surface area contributed by atoms with Crippen LogP contribution in [0.15, 0.2) is 24.3 Å². The topological polar surface area (TPSA) is 107 Å². The van der Waals surface area contributed by atoms with Gasteiger partial charge in [0.2, 0.25) is 0 Å². The Morgan fingerprint density at radius 2 is 1.60 bits per heavy atom. The Labute approximate surface area is 177 Å². The molecule has 2 fully saturated rings. The van der Waals surface area contributed by atoms with Crippen molar-refractivity contribution in [2.24, 2.45) is 5.92 Å². The normalized spacial score (nSPS) is 21.9. The predicted molar refractivity (Wildman–Crippen MR) is 112 cm³/mol. The van der Waals surface area contributed by atoms with Gasteiger partial charge in [-0.15, -0.1) is 0 Å². The molecule has 1 saturated carbocycles. The van der Waals surface area contributed by atoms with Gasteiger partial charge in [-0.2, -0.15) is 0 Å². The van der Waals surface area contributed by atoms with Gasteiger partial charge in [0.1, 0.15) is 5.75 Å². The maximum atomic E-state index is 12.4. The van der Waals surface area contributed by atoms with Gasteiger partial charge in [-0.3, -0.25) is 9.69 Å². The van der Waals surface area contributed by atoms with Crippen LogP contribution in [0.1, 0.15) is 38.2 Å². The van der Waals surface area contributed by atoms with E-state index in [1.54, 1.807) is 0 Å². The molecule has 1 heterocycles. The van der Waals surface area contributed by atoms with Crippen molar-refractivity contribution in [1.29, 1.82) is 0 Å². The molecule has 166 valence electrons. The van der Waals surface area contributed by atoms with Crippen molar-refractivity contribution in [3.05, 3.63) is 29.8 Å². The lowest BCUT2D eigenvalue weighted by Crippen LogP contribution is -2.53. The van der Waals surface area contributed by atoms with E-state index < -0.39 is 11.9 Å². The number of aryl methyl sites for hydroxylation is 1. The molecule has 1 aromatic rings. The van der Waals surface area contributed by atoms with Crippen molar-refractivity contribution in [1.82, 2.24) is 9.80 Å². The van der Waals surface area contributed by atoms with Gasteiger partial charge in [0.05, 0.1) is 0 Å². The minimum Gasteiger partial charge on any atom is -0.484 e. The zero-order chi connectivity index (χ0) is 22.1. The van der Waals surface area contributed by atoms with Crippen molar-refractivity contribution in [2.45, 2.75) is 45.6 Å². The molecule has 1 aliphatic heterocycles. The van der Waals surface area contributed by atoms with Gasteiger partial charge in [-0.25, -0.2) is 9.59 Å². The van der Waals surface area contributed by atoms with Crippen molar-refractivity contribution >= 4 is 17.8 Å². The number of nitrogens with zero attached hydrogens (tertiary/aromatic N) is 2. The first kappa shape index (κ1) is 23.7. The monoisotopic (exact) mass is 420 g/mol. The van der Waals surface area contributed by atoms with Gasteiger partial charge >= 0.3 is 11.9 Å². The van der Waals surface area contributed by atoms with Crippen LogP contribution >= 0.6 is 0 Å². The fourth-order valence-corrected chi connectivity index (χ4v) is 3.94. The molecular formula is C22H32N2O6. The highest BCUT2D eigenvalue weighted by Gasteiger charge is 2.28. The number of hydrogen-bond donors (Lipinski definition) is 2. The summed E-state index contributed by atoms with van der Waals surface area (Å²) in [6.07, 6.45) is 5.39. The summed E-state index contributed by atoms with van der Waals surface area (Å²) < 4.78 is 5.63. The van der Waals surface area contributed by atoms with Gasteiger partial charge in [0, 0.05) is 32.2 Å². The second-order valence-corrected chi connectivity index (χ2v) is 8.05. The minimum atomic E-state index is -1.82. The number of piperazine rings is 1. The highest BCUT2D eigenvalue weighted by molar-refractivity contribution is 6.27. The fraction of sp³-hybridized carbons (Fsp3) is 0.591. The Hall–Kier alpha value is -2.61. The van der Waals surface area contributed by atoms with Crippen molar-refractivity contribution in [3.8, 4) is 5.75 Å². The number of carbonyl (C=O) groups excluding carboxylic acids is 1. The second kappa shape index (κ2) is 11.5. The number of carbonyl (C=O) groups is 3. The third-order valence-corrected chi connectivity index (χ3v) is 5.66. The van der Waals surface area contributed by atoms with Gasteiger partial charge < -0.3 is 19.8 Å². The number of rotatable bonds is 4. The first-order chi connectivity index (χ1) is 14.3. The Morgan fingerprint density at radius 3 is 2.13 bits per heavy atom. The van der Waals surface area contributed by atoms with Crippen LogP contribution < -0.4 is 4.74 Å². The summed E-state index contributed by atoms with van der Waals surface area (Å²) in [5, 5.41) is 14.8. The summed E-state index contributed by atoms with van der Waals surface area (Å²) in [5.41, 5.74) is 1.20. The van der Waals surface area contributed by atoms with Crippen LogP contribution in [0.25, 0.3) is 0 Å². The average molecular weight is 421 g/mol. The maximum Gasteiger partial charge on any atom is 0.414 e. The van der Waals surface area contributed by atoms with Gasteiger partial charge in [-0.05, 0) is 37.8 Å². The van der Waals surface area contributed by atoms with E-state index in [0.29, 0.717) is 0 Å². The van der Waals surface area contributed by atoms with E-state index in [1.165, 1.54) is 31.2 Å². The molecule has 0 bridgehead atoms. The van der Waals surface area contributed by atoms with E-state index in [1.807, 2.05) is 36.1 Å². The van der Waals surface area contributed by atoms with E-state index in [9.17, 15) is 4.79 Å². The summed E-state index contributed by atoms with van der Waals surface area (Å²) in [5.74, 6) is -1.92. The van der Waals surface area contributed by atoms with Crippen molar-refractivity contribution in [2.75, 3.05) is 32.8 Å². The summed E-state index contributed by atoms with van der Waals surface area (Å²) in [6, 6.07) is 8.58. The van der Waals surface area contributed by atoms with Crippen molar-refractivity contribution < 1.29 is 29.3 Å². The lowest BCUT2D eigenvalue weighted by atomic mass is 9.86. The highest BCUT2D eigenvalue weighted by atomic mass is 16.5. The van der Waals surface area contributed by atoms with Crippen LogP contribution in [-0.2, 0) is 14.4 Å². The second-order valence-electron chi connectivity index (χ2n) is 8.05. The summed E-state index contributed by atoms with van der Waals surface area (Å²) in [4.78, 5) is 35.1. The quantitative estimate of drug-likeness (QED) is 0.720. The van der Waals surface area contributed by atoms with E-state index in [0.717, 1.165) is 43.9 Å². The summed E-state index contributed by atoms with van der Waals surface area (Å²) in [6.45, 7) is 8.24. The Bertz CT molecular complexity index is 701. The molecule has 2 N–H and O–H groups in total. The number of aliphatic carboxylic acids is 2. The Balaban J connectivity index is 0.000000469. The van der Waals surface area contributed by atoms with Crippen LogP contribution in [0, 0.1) is 12.8 Å². The number of hydrogen-bond acceptors (Lipinski definition) is 5. The van der Waals surface area contributed by atoms with Gasteiger partial charge in [0.25, 0.3) is 5.91 Å². The molecule has 0 radical (unpaired) electrons. The Morgan fingerprint density at radius 1 is 1.00 bits per heavy atom. The van der Waals surface area contributed by atoms with Gasteiger partial charge in [0.15, 0.2) is 6.61 Å². The standard InChI is InChI=1S/C20H30N2O2.C2H2O4/c1-16-6-8-19(9-7-16)24-15-20(23)22-12-10-21(11-13-22)18-5-3-4-17(2)14-18;3-1(4)2(5)6/h6-9,17-18H,3-5,10-15H2,1-2H3;(H,3,4)(H,5,6). The third kappa shape index (κ3) is 7.67. The SMILES string of the molecule is Cc1ccc(OCC(=O)N2CCN(C3CCCC(C)C3)CC2)cc1.O=C(O)C(=O)O. The molecule has 3 rings (SSSR count). The highest BCUT2D eigenvalue weighted by Crippen LogP contribution is 2.27. The largest absolute Gasteiger partial charge is 0.484 e.